The fourth-order valence-electron chi connectivity index (χ4n) is 2.88. The normalized spacial score (nSPS) is 17.3. The smallest absolute Gasteiger partial charge is 0.356 e. The quantitative estimate of drug-likeness (QED) is 0.811. The average Bonchev–Trinajstić information content (AvgIpc) is 3.22. The highest BCUT2D eigenvalue weighted by atomic mass is 32.1. The van der Waals surface area contributed by atoms with Crippen LogP contribution < -0.4 is 0 Å². The van der Waals surface area contributed by atoms with Gasteiger partial charge in [0, 0.05) is 28.1 Å². The maximum Gasteiger partial charge on any atom is 0.356 e. The lowest BCUT2D eigenvalue weighted by atomic mass is 10.1. The lowest BCUT2D eigenvalue weighted by Gasteiger charge is -2.24. The third-order valence-electron chi connectivity index (χ3n) is 4.00. The number of amides is 1. The van der Waals surface area contributed by atoms with Gasteiger partial charge < -0.3 is 9.64 Å². The number of ether oxygens (including phenoxy) is 1. The fourth-order valence-corrected chi connectivity index (χ4v) is 3.91. The molecule has 23 heavy (non-hydrogen) atoms. The topological polar surface area (TPSA) is 59.5 Å². The van der Waals surface area contributed by atoms with Gasteiger partial charge in [-0.3, -0.25) is 4.79 Å². The van der Waals surface area contributed by atoms with Crippen molar-refractivity contribution in [3.05, 3.63) is 51.5 Å². The molecule has 1 atom stereocenters. The van der Waals surface area contributed by atoms with E-state index < -0.39 is 5.97 Å². The Morgan fingerprint density at radius 2 is 2.17 bits per heavy atom. The Bertz CT molecular complexity index is 741. The molecule has 3 rings (SSSR count). The van der Waals surface area contributed by atoms with Crippen molar-refractivity contribution in [2.45, 2.75) is 25.8 Å². The maximum atomic E-state index is 12.9. The van der Waals surface area contributed by atoms with Crippen molar-refractivity contribution >= 4 is 23.2 Å². The molecule has 0 saturated carbocycles. The zero-order valence-electron chi connectivity index (χ0n) is 13.1. The minimum atomic E-state index is -0.536. The summed E-state index contributed by atoms with van der Waals surface area (Å²) in [5, 5.41) is 0. The number of hydrogen-bond acceptors (Lipinski definition) is 5. The van der Waals surface area contributed by atoms with Crippen molar-refractivity contribution in [1.29, 1.82) is 0 Å². The summed E-state index contributed by atoms with van der Waals surface area (Å²) in [6, 6.07) is 7.45. The van der Waals surface area contributed by atoms with Crippen LogP contribution >= 0.6 is 11.3 Å². The van der Waals surface area contributed by atoms with Crippen molar-refractivity contribution in [3.8, 4) is 0 Å². The number of esters is 1. The summed E-state index contributed by atoms with van der Waals surface area (Å²) in [4.78, 5) is 32.8. The van der Waals surface area contributed by atoms with Gasteiger partial charge in [-0.1, -0.05) is 0 Å². The molecule has 0 N–H and O–H groups in total. The van der Waals surface area contributed by atoms with Gasteiger partial charge in [-0.05, 0) is 44.0 Å². The van der Waals surface area contributed by atoms with E-state index in [0.717, 1.165) is 19.4 Å². The standard InChI is InChI=1S/C17H18N2O3S/c1-11-5-6-15(23-11)14-4-3-9-19(14)16(20)12-7-8-18-13(10-12)17(21)22-2/h5-8,10,14H,3-4,9H2,1-2H3/t14-/m0/s1. The maximum absolute atomic E-state index is 12.9. The Labute approximate surface area is 138 Å². The van der Waals surface area contributed by atoms with Gasteiger partial charge in [-0.15, -0.1) is 11.3 Å². The largest absolute Gasteiger partial charge is 0.464 e. The Morgan fingerprint density at radius 1 is 1.35 bits per heavy atom. The second kappa shape index (κ2) is 6.50. The predicted molar refractivity (Wildman–Crippen MR) is 87.6 cm³/mol. The highest BCUT2D eigenvalue weighted by Gasteiger charge is 2.31. The number of hydrogen-bond donors (Lipinski definition) is 0. The number of likely N-dealkylation sites (tertiary alicyclic amines) is 1. The summed E-state index contributed by atoms with van der Waals surface area (Å²) in [6.07, 6.45) is 3.43. The number of aryl methyl sites for hydroxylation is 1. The molecule has 5 nitrogen and oxygen atoms in total. The Hall–Kier alpha value is -2.21. The van der Waals surface area contributed by atoms with Crippen LogP contribution in [0.3, 0.4) is 0 Å². The van der Waals surface area contributed by atoms with E-state index in [1.807, 2.05) is 4.90 Å². The van der Waals surface area contributed by atoms with Crippen molar-refractivity contribution in [3.63, 3.8) is 0 Å². The van der Waals surface area contributed by atoms with E-state index in [4.69, 9.17) is 0 Å². The van der Waals surface area contributed by atoms with E-state index in [2.05, 4.69) is 28.8 Å². The van der Waals surface area contributed by atoms with Crippen LogP contribution in [0.1, 0.15) is 49.5 Å². The molecule has 1 amide bonds. The van der Waals surface area contributed by atoms with Crippen LogP contribution in [0.5, 0.6) is 0 Å². The lowest BCUT2D eigenvalue weighted by Crippen LogP contribution is -2.30. The van der Waals surface area contributed by atoms with E-state index in [-0.39, 0.29) is 17.6 Å². The summed E-state index contributed by atoms with van der Waals surface area (Å²) >= 11 is 1.73. The molecule has 1 aliphatic heterocycles. The molecule has 120 valence electrons. The van der Waals surface area contributed by atoms with Gasteiger partial charge >= 0.3 is 5.97 Å². The third-order valence-corrected chi connectivity index (χ3v) is 5.11. The van der Waals surface area contributed by atoms with Crippen molar-refractivity contribution in [2.24, 2.45) is 0 Å². The summed E-state index contributed by atoms with van der Waals surface area (Å²) in [5.74, 6) is -0.599. The van der Waals surface area contributed by atoms with Crippen LogP contribution in [0.15, 0.2) is 30.5 Å². The first kappa shape index (κ1) is 15.7. The summed E-state index contributed by atoms with van der Waals surface area (Å²) < 4.78 is 4.67. The first-order valence-corrected chi connectivity index (χ1v) is 8.33. The second-order valence-electron chi connectivity index (χ2n) is 5.53. The molecule has 1 aliphatic rings. The van der Waals surface area contributed by atoms with Crippen LogP contribution in [0.2, 0.25) is 0 Å². The summed E-state index contributed by atoms with van der Waals surface area (Å²) in [7, 11) is 1.30. The Morgan fingerprint density at radius 3 is 2.87 bits per heavy atom. The zero-order chi connectivity index (χ0) is 16.4. The van der Waals surface area contributed by atoms with E-state index in [9.17, 15) is 9.59 Å². The van der Waals surface area contributed by atoms with Gasteiger partial charge in [0.05, 0.1) is 13.2 Å². The minimum absolute atomic E-state index is 0.0638. The van der Waals surface area contributed by atoms with Crippen molar-refractivity contribution in [1.82, 2.24) is 9.88 Å². The van der Waals surface area contributed by atoms with E-state index in [0.29, 0.717) is 5.56 Å². The molecular formula is C17H18N2O3S. The highest BCUT2D eigenvalue weighted by molar-refractivity contribution is 7.12. The van der Waals surface area contributed by atoms with E-state index >= 15 is 0 Å². The number of thiophene rings is 1. The van der Waals surface area contributed by atoms with Gasteiger partial charge in [0.2, 0.25) is 0 Å². The molecule has 0 radical (unpaired) electrons. The number of rotatable bonds is 3. The number of carbonyl (C=O) groups excluding carboxylic acids is 2. The van der Waals surface area contributed by atoms with Crippen LogP contribution in [-0.2, 0) is 4.74 Å². The average molecular weight is 330 g/mol. The predicted octanol–water partition coefficient (Wildman–Crippen LogP) is 3.22. The first-order valence-electron chi connectivity index (χ1n) is 7.52. The monoisotopic (exact) mass is 330 g/mol. The summed E-state index contributed by atoms with van der Waals surface area (Å²) in [6.45, 7) is 2.80. The van der Waals surface area contributed by atoms with Gasteiger partial charge in [-0.25, -0.2) is 9.78 Å². The van der Waals surface area contributed by atoms with Gasteiger partial charge in [-0.2, -0.15) is 0 Å². The van der Waals surface area contributed by atoms with Gasteiger partial charge in [0.25, 0.3) is 5.91 Å². The number of pyridine rings is 1. The molecule has 6 heteroatoms. The van der Waals surface area contributed by atoms with Crippen molar-refractivity contribution in [2.75, 3.05) is 13.7 Å². The van der Waals surface area contributed by atoms with E-state index in [1.165, 1.54) is 29.1 Å². The third kappa shape index (κ3) is 3.12. The second-order valence-corrected chi connectivity index (χ2v) is 6.85. The van der Waals surface area contributed by atoms with Crippen LogP contribution in [-0.4, -0.2) is 35.4 Å². The number of nitrogens with zero attached hydrogens (tertiary/aromatic N) is 2. The molecule has 0 spiro atoms. The molecule has 0 unspecified atom stereocenters. The van der Waals surface area contributed by atoms with Crippen LogP contribution in [0.25, 0.3) is 0 Å². The van der Waals surface area contributed by atoms with Crippen LogP contribution in [0.4, 0.5) is 0 Å². The highest BCUT2D eigenvalue weighted by Crippen LogP contribution is 2.36. The zero-order valence-corrected chi connectivity index (χ0v) is 13.9. The molecule has 0 aromatic carbocycles. The minimum Gasteiger partial charge on any atom is -0.464 e. The molecule has 0 bridgehead atoms. The number of methoxy groups -OCH3 is 1. The molecule has 0 aliphatic carbocycles. The molecule has 3 heterocycles. The lowest BCUT2D eigenvalue weighted by molar-refractivity contribution is 0.0594. The molecule has 2 aromatic heterocycles. The van der Waals surface area contributed by atoms with Crippen LogP contribution in [0, 0.1) is 6.92 Å². The fraction of sp³-hybridized carbons (Fsp3) is 0.353. The molecule has 2 aromatic rings. The Kier molecular flexibility index (Phi) is 4.43. The number of carbonyl (C=O) groups is 2. The molecule has 1 fully saturated rings. The molecule has 1 saturated heterocycles. The molecular weight excluding hydrogens is 312 g/mol. The van der Waals surface area contributed by atoms with E-state index in [1.54, 1.807) is 17.4 Å². The van der Waals surface area contributed by atoms with Crippen molar-refractivity contribution < 1.29 is 14.3 Å². The Balaban J connectivity index is 1.86. The van der Waals surface area contributed by atoms with Gasteiger partial charge in [0.1, 0.15) is 5.69 Å². The first-order chi connectivity index (χ1) is 11.1. The number of aromatic nitrogens is 1. The SMILES string of the molecule is COC(=O)c1cc(C(=O)N2CCC[C@H]2c2ccc(C)s2)ccn1. The summed E-state index contributed by atoms with van der Waals surface area (Å²) in [5.41, 5.74) is 0.627. The van der Waals surface area contributed by atoms with Gasteiger partial charge in [0.15, 0.2) is 0 Å².